The number of aryl methyl sites for hydroxylation is 1. The van der Waals surface area contributed by atoms with E-state index in [1.165, 1.54) is 0 Å². The molecule has 1 N–H and O–H groups in total. The van der Waals surface area contributed by atoms with Crippen LogP contribution in [-0.2, 0) is 11.8 Å². The number of carboxylic acids is 1. The molecule has 0 aromatic carbocycles. The van der Waals surface area contributed by atoms with Gasteiger partial charge in [0.15, 0.2) is 0 Å². The van der Waals surface area contributed by atoms with Crippen LogP contribution in [0.5, 0.6) is 0 Å². The van der Waals surface area contributed by atoms with Gasteiger partial charge in [-0.25, -0.2) is 4.98 Å². The Bertz CT molecular complexity index is 420. The number of hydrogen-bond donors (Lipinski definition) is 1. The third-order valence-corrected chi connectivity index (χ3v) is 3.98. The Labute approximate surface area is 107 Å². The molecule has 0 saturated carbocycles. The summed E-state index contributed by atoms with van der Waals surface area (Å²) in [6.45, 7) is 3.60. The summed E-state index contributed by atoms with van der Waals surface area (Å²) >= 11 is 0. The van der Waals surface area contributed by atoms with Crippen LogP contribution in [-0.4, -0.2) is 33.7 Å². The molecule has 2 heterocycles. The minimum atomic E-state index is -0.635. The Hall–Kier alpha value is -1.52. The highest BCUT2D eigenvalue weighted by molar-refractivity contribution is 5.75. The lowest BCUT2D eigenvalue weighted by Crippen LogP contribution is -2.45. The number of imidazole rings is 1. The van der Waals surface area contributed by atoms with Crippen LogP contribution in [0.3, 0.4) is 0 Å². The second kappa shape index (κ2) is 5.00. The van der Waals surface area contributed by atoms with Gasteiger partial charge in [0.05, 0.1) is 5.41 Å². The Morgan fingerprint density at radius 2 is 2.17 bits per heavy atom. The van der Waals surface area contributed by atoms with Gasteiger partial charge in [-0.15, -0.1) is 0 Å². The van der Waals surface area contributed by atoms with E-state index in [1.807, 2.05) is 17.8 Å². The topological polar surface area (TPSA) is 58.4 Å². The zero-order chi connectivity index (χ0) is 13.2. The molecule has 0 aliphatic carbocycles. The molecule has 1 aliphatic rings. The average molecular weight is 251 g/mol. The Morgan fingerprint density at radius 3 is 2.61 bits per heavy atom. The van der Waals surface area contributed by atoms with Crippen LogP contribution in [0.4, 0.5) is 5.95 Å². The number of rotatable bonds is 4. The van der Waals surface area contributed by atoms with Crippen molar-refractivity contribution in [3.05, 3.63) is 12.4 Å². The van der Waals surface area contributed by atoms with E-state index < -0.39 is 11.4 Å². The molecule has 1 aliphatic heterocycles. The van der Waals surface area contributed by atoms with Crippen LogP contribution in [0.15, 0.2) is 12.4 Å². The minimum Gasteiger partial charge on any atom is -0.481 e. The fourth-order valence-electron chi connectivity index (χ4n) is 2.85. The van der Waals surface area contributed by atoms with Gasteiger partial charge in [-0.1, -0.05) is 13.3 Å². The summed E-state index contributed by atoms with van der Waals surface area (Å²) in [5, 5.41) is 9.45. The van der Waals surface area contributed by atoms with Crippen LogP contribution in [0, 0.1) is 5.41 Å². The van der Waals surface area contributed by atoms with Gasteiger partial charge < -0.3 is 14.6 Å². The van der Waals surface area contributed by atoms with Crippen molar-refractivity contribution < 1.29 is 9.90 Å². The average Bonchev–Trinajstić information content (AvgIpc) is 2.77. The molecule has 5 heteroatoms. The first kappa shape index (κ1) is 12.9. The van der Waals surface area contributed by atoms with Crippen LogP contribution < -0.4 is 4.90 Å². The smallest absolute Gasteiger partial charge is 0.309 e. The highest BCUT2D eigenvalue weighted by Gasteiger charge is 2.41. The molecule has 0 bridgehead atoms. The fourth-order valence-corrected chi connectivity index (χ4v) is 2.85. The van der Waals surface area contributed by atoms with E-state index >= 15 is 0 Å². The molecule has 18 heavy (non-hydrogen) atoms. The summed E-state index contributed by atoms with van der Waals surface area (Å²) in [5.74, 6) is 0.300. The standard InChI is InChI=1S/C13H21N3O2/c1-3-4-13(11(17)18)5-8-16(9-6-13)12-14-7-10-15(12)2/h7,10H,3-6,8-9H2,1-2H3,(H,17,18). The monoisotopic (exact) mass is 251 g/mol. The Balaban J connectivity index is 2.07. The van der Waals surface area contributed by atoms with Crippen molar-refractivity contribution in [2.24, 2.45) is 12.5 Å². The van der Waals surface area contributed by atoms with E-state index in [2.05, 4.69) is 16.8 Å². The van der Waals surface area contributed by atoms with Gasteiger partial charge in [0.25, 0.3) is 0 Å². The highest BCUT2D eigenvalue weighted by Crippen LogP contribution is 2.37. The SMILES string of the molecule is CCCC1(C(=O)O)CCN(c2nccn2C)CC1. The maximum absolute atomic E-state index is 11.5. The number of hydrogen-bond acceptors (Lipinski definition) is 3. The van der Waals surface area contributed by atoms with Crippen molar-refractivity contribution >= 4 is 11.9 Å². The lowest BCUT2D eigenvalue weighted by atomic mass is 9.75. The Morgan fingerprint density at radius 1 is 1.50 bits per heavy atom. The molecule has 0 amide bonds. The van der Waals surface area contributed by atoms with E-state index in [0.29, 0.717) is 12.8 Å². The lowest BCUT2D eigenvalue weighted by molar-refractivity contribution is -0.150. The number of aromatic nitrogens is 2. The van der Waals surface area contributed by atoms with Gasteiger partial charge in [0.1, 0.15) is 0 Å². The van der Waals surface area contributed by atoms with E-state index in [9.17, 15) is 9.90 Å². The second-order valence-electron chi connectivity index (χ2n) is 5.16. The number of piperidine rings is 1. The quantitative estimate of drug-likeness (QED) is 0.887. The number of anilines is 1. The molecule has 0 radical (unpaired) electrons. The van der Waals surface area contributed by atoms with Crippen LogP contribution >= 0.6 is 0 Å². The highest BCUT2D eigenvalue weighted by atomic mass is 16.4. The molecule has 5 nitrogen and oxygen atoms in total. The normalized spacial score (nSPS) is 18.9. The number of carboxylic acid groups (broad SMARTS) is 1. The van der Waals surface area contributed by atoms with Gasteiger partial charge in [-0.05, 0) is 19.3 Å². The zero-order valence-corrected chi connectivity index (χ0v) is 11.1. The van der Waals surface area contributed by atoms with E-state index in [4.69, 9.17) is 0 Å². The minimum absolute atomic E-state index is 0.517. The predicted octanol–water partition coefficient (Wildman–Crippen LogP) is 1.89. The van der Waals surface area contributed by atoms with Gasteiger partial charge >= 0.3 is 5.97 Å². The van der Waals surface area contributed by atoms with Crippen LogP contribution in [0.25, 0.3) is 0 Å². The fraction of sp³-hybridized carbons (Fsp3) is 0.692. The van der Waals surface area contributed by atoms with Crippen molar-refractivity contribution in [2.75, 3.05) is 18.0 Å². The molecule has 100 valence electrons. The largest absolute Gasteiger partial charge is 0.481 e. The van der Waals surface area contributed by atoms with Gasteiger partial charge in [-0.3, -0.25) is 4.79 Å². The van der Waals surface area contributed by atoms with Crippen molar-refractivity contribution in [2.45, 2.75) is 32.6 Å². The number of carbonyl (C=O) groups is 1. The zero-order valence-electron chi connectivity index (χ0n) is 11.1. The third-order valence-electron chi connectivity index (χ3n) is 3.98. The van der Waals surface area contributed by atoms with Gasteiger partial charge in [0.2, 0.25) is 5.95 Å². The maximum atomic E-state index is 11.5. The molecule has 1 aromatic heterocycles. The summed E-state index contributed by atoms with van der Waals surface area (Å²) in [7, 11) is 1.97. The van der Waals surface area contributed by atoms with Crippen molar-refractivity contribution in [3.63, 3.8) is 0 Å². The van der Waals surface area contributed by atoms with E-state index in [0.717, 1.165) is 31.9 Å². The first-order chi connectivity index (χ1) is 8.59. The molecule has 1 fully saturated rings. The van der Waals surface area contributed by atoms with E-state index in [-0.39, 0.29) is 0 Å². The second-order valence-corrected chi connectivity index (χ2v) is 5.16. The lowest BCUT2D eigenvalue weighted by Gasteiger charge is -2.39. The van der Waals surface area contributed by atoms with Crippen molar-refractivity contribution in [3.8, 4) is 0 Å². The van der Waals surface area contributed by atoms with Crippen LogP contribution in [0.2, 0.25) is 0 Å². The summed E-state index contributed by atoms with van der Waals surface area (Å²) in [4.78, 5) is 18.0. The van der Waals surface area contributed by atoms with E-state index in [1.54, 1.807) is 6.20 Å². The predicted molar refractivity (Wildman–Crippen MR) is 69.6 cm³/mol. The molecule has 0 unspecified atom stereocenters. The summed E-state index contributed by atoms with van der Waals surface area (Å²) in [6, 6.07) is 0. The molecule has 1 saturated heterocycles. The van der Waals surface area contributed by atoms with Crippen molar-refractivity contribution in [1.82, 2.24) is 9.55 Å². The molecule has 0 spiro atoms. The summed E-state index contributed by atoms with van der Waals surface area (Å²) in [6.07, 6.45) is 6.82. The van der Waals surface area contributed by atoms with Crippen LogP contribution in [0.1, 0.15) is 32.6 Å². The number of aliphatic carboxylic acids is 1. The van der Waals surface area contributed by atoms with Crippen molar-refractivity contribution in [1.29, 1.82) is 0 Å². The molecular formula is C13H21N3O2. The first-order valence-electron chi connectivity index (χ1n) is 6.55. The summed E-state index contributed by atoms with van der Waals surface area (Å²) < 4.78 is 1.98. The first-order valence-corrected chi connectivity index (χ1v) is 6.55. The molecule has 1 aromatic rings. The number of nitrogens with zero attached hydrogens (tertiary/aromatic N) is 3. The third kappa shape index (κ3) is 2.21. The Kier molecular flexibility index (Phi) is 3.59. The summed E-state index contributed by atoms with van der Waals surface area (Å²) in [5.41, 5.74) is -0.517. The molecule has 0 atom stereocenters. The van der Waals surface area contributed by atoms with Gasteiger partial charge in [-0.2, -0.15) is 0 Å². The molecular weight excluding hydrogens is 230 g/mol. The maximum Gasteiger partial charge on any atom is 0.309 e. The molecule has 2 rings (SSSR count). The van der Waals surface area contributed by atoms with Gasteiger partial charge in [0, 0.05) is 32.5 Å².